The van der Waals surface area contributed by atoms with Crippen molar-refractivity contribution in [3.8, 4) is 11.3 Å². The molecule has 0 spiro atoms. The third kappa shape index (κ3) is 4.99. The Labute approximate surface area is 123 Å². The first kappa shape index (κ1) is 15.7. The SMILES string of the molecule is CC(CS(C)(=O)=O)NCc1ccc(-c2ccc(F)cc2)o1. The van der Waals surface area contributed by atoms with E-state index < -0.39 is 9.84 Å². The largest absolute Gasteiger partial charge is 0.460 e. The van der Waals surface area contributed by atoms with Gasteiger partial charge >= 0.3 is 0 Å². The molecule has 114 valence electrons. The molecule has 1 aromatic heterocycles. The topological polar surface area (TPSA) is 59.3 Å². The highest BCUT2D eigenvalue weighted by Gasteiger charge is 2.11. The molecule has 1 aromatic carbocycles. The Morgan fingerprint density at radius 2 is 1.86 bits per heavy atom. The van der Waals surface area contributed by atoms with E-state index >= 15 is 0 Å². The lowest BCUT2D eigenvalue weighted by atomic mass is 10.2. The van der Waals surface area contributed by atoms with Gasteiger partial charge in [0.25, 0.3) is 0 Å². The first-order valence-corrected chi connectivity index (χ1v) is 8.65. The minimum atomic E-state index is -3.00. The summed E-state index contributed by atoms with van der Waals surface area (Å²) in [5.41, 5.74) is 0.798. The van der Waals surface area contributed by atoms with Gasteiger partial charge in [-0.2, -0.15) is 0 Å². The summed E-state index contributed by atoms with van der Waals surface area (Å²) in [5, 5.41) is 3.10. The fourth-order valence-electron chi connectivity index (χ4n) is 2.03. The summed E-state index contributed by atoms with van der Waals surface area (Å²) >= 11 is 0. The van der Waals surface area contributed by atoms with E-state index in [4.69, 9.17) is 4.42 Å². The Hall–Kier alpha value is -1.66. The molecule has 2 aromatic rings. The highest BCUT2D eigenvalue weighted by atomic mass is 32.2. The number of nitrogens with one attached hydrogen (secondary N) is 1. The van der Waals surface area contributed by atoms with Gasteiger partial charge in [0.15, 0.2) is 0 Å². The third-order valence-corrected chi connectivity index (χ3v) is 4.07. The number of hydrogen-bond acceptors (Lipinski definition) is 4. The number of hydrogen-bond donors (Lipinski definition) is 1. The lowest BCUT2D eigenvalue weighted by Gasteiger charge is -2.11. The van der Waals surface area contributed by atoms with Crippen LogP contribution in [-0.4, -0.2) is 26.5 Å². The van der Waals surface area contributed by atoms with Gasteiger partial charge < -0.3 is 9.73 Å². The van der Waals surface area contributed by atoms with E-state index in [-0.39, 0.29) is 17.6 Å². The van der Waals surface area contributed by atoms with Crippen LogP contribution in [0.25, 0.3) is 11.3 Å². The van der Waals surface area contributed by atoms with E-state index in [1.54, 1.807) is 12.1 Å². The average Bonchev–Trinajstić information content (AvgIpc) is 2.84. The van der Waals surface area contributed by atoms with Gasteiger partial charge in [0.2, 0.25) is 0 Å². The Bertz CT molecular complexity index is 692. The molecule has 0 saturated heterocycles. The molecule has 21 heavy (non-hydrogen) atoms. The molecule has 0 amide bonds. The van der Waals surface area contributed by atoms with Crippen LogP contribution in [0.2, 0.25) is 0 Å². The van der Waals surface area contributed by atoms with Gasteiger partial charge in [-0.1, -0.05) is 0 Å². The van der Waals surface area contributed by atoms with Gasteiger partial charge in [0.05, 0.1) is 12.3 Å². The molecule has 1 heterocycles. The molecule has 1 N–H and O–H groups in total. The van der Waals surface area contributed by atoms with Crippen molar-refractivity contribution in [2.45, 2.75) is 19.5 Å². The van der Waals surface area contributed by atoms with Crippen LogP contribution in [0, 0.1) is 5.82 Å². The zero-order valence-electron chi connectivity index (χ0n) is 12.0. The van der Waals surface area contributed by atoms with Gasteiger partial charge in [-0.3, -0.25) is 0 Å². The third-order valence-electron chi connectivity index (χ3n) is 2.97. The second-order valence-electron chi connectivity index (χ2n) is 5.15. The molecule has 0 saturated carbocycles. The van der Waals surface area contributed by atoms with Gasteiger partial charge in [-0.25, -0.2) is 12.8 Å². The first-order valence-electron chi connectivity index (χ1n) is 6.59. The van der Waals surface area contributed by atoms with Gasteiger partial charge in [-0.05, 0) is 43.3 Å². The molecule has 0 radical (unpaired) electrons. The van der Waals surface area contributed by atoms with E-state index in [1.807, 2.05) is 19.1 Å². The van der Waals surface area contributed by atoms with E-state index in [9.17, 15) is 12.8 Å². The highest BCUT2D eigenvalue weighted by molar-refractivity contribution is 7.90. The van der Waals surface area contributed by atoms with Crippen molar-refractivity contribution in [1.82, 2.24) is 5.32 Å². The van der Waals surface area contributed by atoms with Crippen molar-refractivity contribution in [2.24, 2.45) is 0 Å². The standard InChI is InChI=1S/C15H18FNO3S/c1-11(10-21(2,18)19)17-9-14-7-8-15(20-14)12-3-5-13(16)6-4-12/h3-8,11,17H,9-10H2,1-2H3. The van der Waals surface area contributed by atoms with Crippen LogP contribution in [0.1, 0.15) is 12.7 Å². The first-order chi connectivity index (χ1) is 9.83. The van der Waals surface area contributed by atoms with Crippen LogP contribution < -0.4 is 5.32 Å². The van der Waals surface area contributed by atoms with E-state index in [0.29, 0.717) is 18.1 Å². The van der Waals surface area contributed by atoms with E-state index in [2.05, 4.69) is 5.32 Å². The maximum atomic E-state index is 12.9. The molecular weight excluding hydrogens is 293 g/mol. The fourth-order valence-corrected chi connectivity index (χ4v) is 3.06. The number of benzene rings is 1. The molecule has 4 nitrogen and oxygen atoms in total. The van der Waals surface area contributed by atoms with Crippen molar-refractivity contribution >= 4 is 9.84 Å². The zero-order chi connectivity index (χ0) is 15.5. The Morgan fingerprint density at radius 1 is 1.19 bits per heavy atom. The molecule has 0 bridgehead atoms. The summed E-state index contributed by atoms with van der Waals surface area (Å²) in [7, 11) is -3.00. The highest BCUT2D eigenvalue weighted by Crippen LogP contribution is 2.22. The van der Waals surface area contributed by atoms with Crippen molar-refractivity contribution in [2.75, 3.05) is 12.0 Å². The van der Waals surface area contributed by atoms with Crippen molar-refractivity contribution in [3.05, 3.63) is 48.0 Å². The zero-order valence-corrected chi connectivity index (χ0v) is 12.8. The molecule has 1 atom stereocenters. The second-order valence-corrected chi connectivity index (χ2v) is 7.33. The maximum Gasteiger partial charge on any atom is 0.148 e. The molecule has 0 aliphatic carbocycles. The number of furan rings is 1. The summed E-state index contributed by atoms with van der Waals surface area (Å²) in [5.74, 6) is 1.15. The van der Waals surface area contributed by atoms with Crippen LogP contribution in [0.3, 0.4) is 0 Å². The minimum Gasteiger partial charge on any atom is -0.460 e. The van der Waals surface area contributed by atoms with Gasteiger partial charge in [0.1, 0.15) is 27.2 Å². The summed E-state index contributed by atoms with van der Waals surface area (Å²) < 4.78 is 40.9. The van der Waals surface area contributed by atoms with Crippen LogP contribution >= 0.6 is 0 Å². The lowest BCUT2D eigenvalue weighted by Crippen LogP contribution is -2.32. The number of halogens is 1. The quantitative estimate of drug-likeness (QED) is 0.891. The Kier molecular flexibility index (Phi) is 4.80. The van der Waals surface area contributed by atoms with Crippen LogP contribution in [0.5, 0.6) is 0 Å². The van der Waals surface area contributed by atoms with Crippen molar-refractivity contribution in [3.63, 3.8) is 0 Å². The fraction of sp³-hybridized carbons (Fsp3) is 0.333. The van der Waals surface area contributed by atoms with Gasteiger partial charge in [0, 0.05) is 17.9 Å². The molecule has 6 heteroatoms. The Morgan fingerprint density at radius 3 is 2.48 bits per heavy atom. The molecule has 2 rings (SSSR count). The summed E-state index contributed by atoms with van der Waals surface area (Å²) in [6, 6.07) is 9.53. The van der Waals surface area contributed by atoms with Crippen molar-refractivity contribution in [1.29, 1.82) is 0 Å². The number of sulfone groups is 1. The predicted molar refractivity (Wildman–Crippen MR) is 80.1 cm³/mol. The predicted octanol–water partition coefficient (Wildman–Crippen LogP) is 2.61. The molecule has 1 unspecified atom stereocenters. The summed E-state index contributed by atoms with van der Waals surface area (Å²) in [6.07, 6.45) is 1.21. The van der Waals surface area contributed by atoms with Gasteiger partial charge in [-0.15, -0.1) is 0 Å². The second kappa shape index (κ2) is 6.41. The summed E-state index contributed by atoms with van der Waals surface area (Å²) in [4.78, 5) is 0. The number of rotatable bonds is 6. The Balaban J connectivity index is 1.96. The van der Waals surface area contributed by atoms with E-state index in [1.165, 1.54) is 18.4 Å². The van der Waals surface area contributed by atoms with Crippen LogP contribution in [0.15, 0.2) is 40.8 Å². The summed E-state index contributed by atoms with van der Waals surface area (Å²) in [6.45, 7) is 2.25. The monoisotopic (exact) mass is 311 g/mol. The normalized spacial score (nSPS) is 13.3. The molecule has 0 aliphatic rings. The molecule has 0 aliphatic heterocycles. The van der Waals surface area contributed by atoms with Crippen molar-refractivity contribution < 1.29 is 17.2 Å². The molecule has 0 fully saturated rings. The maximum absolute atomic E-state index is 12.9. The molecular formula is C15H18FNO3S. The minimum absolute atomic E-state index is 0.0819. The lowest BCUT2D eigenvalue weighted by molar-refractivity contribution is 0.472. The smallest absolute Gasteiger partial charge is 0.148 e. The van der Waals surface area contributed by atoms with E-state index in [0.717, 1.165) is 5.56 Å². The van der Waals surface area contributed by atoms with Crippen LogP contribution in [-0.2, 0) is 16.4 Å². The van der Waals surface area contributed by atoms with Crippen LogP contribution in [0.4, 0.5) is 4.39 Å². The average molecular weight is 311 g/mol.